The fourth-order valence-corrected chi connectivity index (χ4v) is 4.05. The Balaban J connectivity index is 2.75. The van der Waals surface area contributed by atoms with Crippen molar-refractivity contribution in [2.45, 2.75) is 85.0 Å². The molecule has 0 saturated heterocycles. The van der Waals surface area contributed by atoms with Gasteiger partial charge in [-0.3, -0.25) is 0 Å². The van der Waals surface area contributed by atoms with Crippen LogP contribution in [0.15, 0.2) is 24.3 Å². The molecule has 153 valence electrons. The van der Waals surface area contributed by atoms with Crippen molar-refractivity contribution < 1.29 is 10.2 Å². The largest absolute Gasteiger partial charge is 0.508 e. The number of aromatic hydroxyl groups is 2. The van der Waals surface area contributed by atoms with Crippen molar-refractivity contribution in [1.29, 1.82) is 0 Å². The fourth-order valence-electron chi connectivity index (χ4n) is 4.05. The average molecular weight is 382 g/mol. The molecule has 0 amide bonds. The summed E-state index contributed by atoms with van der Waals surface area (Å²) in [6.45, 7) is 21.0. The predicted octanol–water partition coefficient (Wildman–Crippen LogP) is 7.06. The first-order chi connectivity index (χ1) is 12.8. The highest BCUT2D eigenvalue weighted by Gasteiger charge is 2.26. The fraction of sp³-hybridized carbons (Fsp3) is 0.500. The van der Waals surface area contributed by atoms with Gasteiger partial charge < -0.3 is 10.2 Å². The summed E-state index contributed by atoms with van der Waals surface area (Å²) >= 11 is 0. The maximum Gasteiger partial charge on any atom is 0.119 e. The highest BCUT2D eigenvalue weighted by Crippen LogP contribution is 2.42. The van der Waals surface area contributed by atoms with Crippen LogP contribution in [0.25, 0.3) is 0 Å². The summed E-state index contributed by atoms with van der Waals surface area (Å²) in [5, 5.41) is 21.1. The smallest absolute Gasteiger partial charge is 0.119 e. The summed E-state index contributed by atoms with van der Waals surface area (Å²) in [6.07, 6.45) is 1.74. The van der Waals surface area contributed by atoms with Gasteiger partial charge in [-0.2, -0.15) is 0 Å². The van der Waals surface area contributed by atoms with Crippen molar-refractivity contribution in [2.75, 3.05) is 0 Å². The Labute approximate surface area is 171 Å². The maximum atomic E-state index is 10.5. The van der Waals surface area contributed by atoms with Crippen LogP contribution in [0.1, 0.15) is 93.7 Å². The van der Waals surface area contributed by atoms with Gasteiger partial charge in [0.15, 0.2) is 0 Å². The Morgan fingerprint density at radius 2 is 1.11 bits per heavy atom. The number of benzene rings is 2. The number of aryl methyl sites for hydroxylation is 2. The zero-order valence-corrected chi connectivity index (χ0v) is 18.9. The van der Waals surface area contributed by atoms with Crippen LogP contribution in [0.2, 0.25) is 0 Å². The minimum atomic E-state index is -0.137. The van der Waals surface area contributed by atoms with E-state index < -0.39 is 0 Å². The zero-order chi connectivity index (χ0) is 21.4. The van der Waals surface area contributed by atoms with Gasteiger partial charge in [-0.1, -0.05) is 67.0 Å². The summed E-state index contributed by atoms with van der Waals surface area (Å²) in [6, 6.07) is 8.14. The third-order valence-electron chi connectivity index (χ3n) is 5.63. The first-order valence-electron chi connectivity index (χ1n) is 10.2. The lowest BCUT2D eigenvalue weighted by Gasteiger charge is -2.28. The van der Waals surface area contributed by atoms with Crippen molar-refractivity contribution in [3.8, 4) is 11.5 Å². The molecule has 2 aromatic carbocycles. The molecule has 0 spiro atoms. The molecular formula is C26H37O2. The van der Waals surface area contributed by atoms with E-state index in [-0.39, 0.29) is 16.7 Å². The van der Waals surface area contributed by atoms with Gasteiger partial charge in [0.25, 0.3) is 0 Å². The monoisotopic (exact) mass is 381 g/mol. The molecule has 1 radical (unpaired) electrons. The number of phenolic OH excluding ortho intramolecular Hbond substituents is 2. The SMILES string of the molecule is [CH2]CCC(c1cc(C(C)(C)C)c(O)cc1C)c1cc(C(C)(C)C)c(O)cc1C. The van der Waals surface area contributed by atoms with E-state index in [9.17, 15) is 10.2 Å². The first kappa shape index (κ1) is 22.3. The summed E-state index contributed by atoms with van der Waals surface area (Å²) in [4.78, 5) is 0. The molecule has 0 fully saturated rings. The number of rotatable bonds is 4. The Morgan fingerprint density at radius 3 is 1.39 bits per heavy atom. The lowest BCUT2D eigenvalue weighted by Crippen LogP contribution is -2.16. The second-order valence-electron chi connectivity index (χ2n) is 10.1. The molecular weight excluding hydrogens is 344 g/mol. The van der Waals surface area contributed by atoms with Crippen molar-refractivity contribution in [3.05, 3.63) is 64.6 Å². The molecule has 0 saturated carbocycles. The molecule has 0 aliphatic carbocycles. The van der Waals surface area contributed by atoms with E-state index in [2.05, 4.69) is 74.4 Å². The number of hydrogen-bond acceptors (Lipinski definition) is 2. The number of hydrogen-bond donors (Lipinski definition) is 2. The molecule has 0 aromatic heterocycles. The van der Waals surface area contributed by atoms with Crippen LogP contribution >= 0.6 is 0 Å². The quantitative estimate of drug-likeness (QED) is 0.595. The summed E-state index contributed by atoms with van der Waals surface area (Å²) in [5.41, 5.74) is 6.32. The van der Waals surface area contributed by atoms with E-state index in [1.165, 1.54) is 11.1 Å². The maximum absolute atomic E-state index is 10.5. The van der Waals surface area contributed by atoms with Crippen LogP contribution in [0.3, 0.4) is 0 Å². The van der Waals surface area contributed by atoms with Crippen LogP contribution in [-0.4, -0.2) is 10.2 Å². The van der Waals surface area contributed by atoms with Crippen LogP contribution in [0, 0.1) is 20.8 Å². The van der Waals surface area contributed by atoms with Crippen LogP contribution in [-0.2, 0) is 10.8 Å². The molecule has 28 heavy (non-hydrogen) atoms. The van der Waals surface area contributed by atoms with Gasteiger partial charge >= 0.3 is 0 Å². The standard InChI is InChI=1S/C26H37O2/c1-10-11-18(19-14-21(25(4,5)6)23(27)12-16(19)2)20-15-22(26(7,8)9)24(28)13-17(20)3/h12-15,18,27-28H,1,10-11H2,2-9H3. The Hall–Kier alpha value is -1.96. The summed E-state index contributed by atoms with van der Waals surface area (Å²) in [7, 11) is 0. The van der Waals surface area contributed by atoms with E-state index >= 15 is 0 Å². The van der Waals surface area contributed by atoms with E-state index in [1.807, 2.05) is 12.1 Å². The van der Waals surface area contributed by atoms with Gasteiger partial charge in [0, 0.05) is 5.92 Å². The third-order valence-corrected chi connectivity index (χ3v) is 5.63. The molecule has 0 atom stereocenters. The Kier molecular flexibility index (Phi) is 6.23. The highest BCUT2D eigenvalue weighted by molar-refractivity contribution is 5.52. The van der Waals surface area contributed by atoms with Crippen LogP contribution in [0.4, 0.5) is 0 Å². The van der Waals surface area contributed by atoms with Crippen molar-refractivity contribution in [3.63, 3.8) is 0 Å². The topological polar surface area (TPSA) is 40.5 Å². The molecule has 2 aromatic rings. The highest BCUT2D eigenvalue weighted by atomic mass is 16.3. The Morgan fingerprint density at radius 1 is 0.750 bits per heavy atom. The van der Waals surface area contributed by atoms with Gasteiger partial charge in [-0.05, 0) is 76.6 Å². The first-order valence-corrected chi connectivity index (χ1v) is 10.2. The lowest BCUT2D eigenvalue weighted by molar-refractivity contribution is 0.445. The average Bonchev–Trinajstić information content (AvgIpc) is 2.51. The van der Waals surface area contributed by atoms with Crippen LogP contribution < -0.4 is 0 Å². The van der Waals surface area contributed by atoms with Gasteiger partial charge in [-0.15, -0.1) is 0 Å². The molecule has 0 bridgehead atoms. The summed E-state index contributed by atoms with van der Waals surface area (Å²) in [5.74, 6) is 0.903. The predicted molar refractivity (Wildman–Crippen MR) is 120 cm³/mol. The van der Waals surface area contributed by atoms with Gasteiger partial charge in [0.1, 0.15) is 11.5 Å². The van der Waals surface area contributed by atoms with E-state index in [4.69, 9.17) is 0 Å². The molecule has 2 heteroatoms. The van der Waals surface area contributed by atoms with E-state index in [1.54, 1.807) is 0 Å². The molecule has 2 rings (SSSR count). The molecule has 0 aliphatic rings. The third kappa shape index (κ3) is 4.54. The van der Waals surface area contributed by atoms with E-state index in [0.29, 0.717) is 11.5 Å². The molecule has 2 nitrogen and oxygen atoms in total. The van der Waals surface area contributed by atoms with Gasteiger partial charge in [0.2, 0.25) is 0 Å². The normalized spacial score (nSPS) is 12.6. The van der Waals surface area contributed by atoms with Crippen molar-refractivity contribution in [2.24, 2.45) is 0 Å². The molecule has 2 N–H and O–H groups in total. The number of phenols is 2. The lowest BCUT2D eigenvalue weighted by atomic mass is 9.76. The second-order valence-corrected chi connectivity index (χ2v) is 10.1. The molecule has 0 unspecified atom stereocenters. The minimum absolute atomic E-state index is 0.137. The summed E-state index contributed by atoms with van der Waals surface area (Å²) < 4.78 is 0. The van der Waals surface area contributed by atoms with Crippen molar-refractivity contribution >= 4 is 0 Å². The van der Waals surface area contributed by atoms with Gasteiger partial charge in [0.05, 0.1) is 0 Å². The van der Waals surface area contributed by atoms with Crippen LogP contribution in [0.5, 0.6) is 11.5 Å². The Bertz CT molecular complexity index is 779. The minimum Gasteiger partial charge on any atom is -0.508 e. The van der Waals surface area contributed by atoms with E-state index in [0.717, 1.165) is 35.1 Å². The van der Waals surface area contributed by atoms with Gasteiger partial charge in [-0.25, -0.2) is 0 Å². The molecule has 0 aliphatic heterocycles. The molecule has 0 heterocycles. The zero-order valence-electron chi connectivity index (χ0n) is 18.9. The van der Waals surface area contributed by atoms with Crippen molar-refractivity contribution in [1.82, 2.24) is 0 Å². The second kappa shape index (κ2) is 7.81.